The zero-order valence-electron chi connectivity index (χ0n) is 23.2. The maximum Gasteiger partial charge on any atom is 0.291 e. The lowest BCUT2D eigenvalue weighted by Gasteiger charge is -2.38. The minimum absolute atomic E-state index is 0.0180. The third-order valence-corrected chi connectivity index (χ3v) is 8.49. The van der Waals surface area contributed by atoms with Crippen LogP contribution in [0.1, 0.15) is 65.2 Å². The molecule has 212 valence electrons. The highest BCUT2D eigenvalue weighted by atomic mass is 16.5. The van der Waals surface area contributed by atoms with Crippen molar-refractivity contribution >= 4 is 23.2 Å². The van der Waals surface area contributed by atoms with Crippen molar-refractivity contribution in [1.82, 2.24) is 39.7 Å². The molecule has 0 aliphatic carbocycles. The molecule has 1 amide bonds. The van der Waals surface area contributed by atoms with Crippen molar-refractivity contribution in [2.24, 2.45) is 0 Å². The second-order valence-corrected chi connectivity index (χ2v) is 10.9. The third kappa shape index (κ3) is 4.18. The van der Waals surface area contributed by atoms with E-state index in [1.807, 2.05) is 41.3 Å². The Bertz CT molecular complexity index is 1780. The number of piperidine rings is 1. The standard InChI is InChI=1S/C30H29N9O3/c1-16(40)25-26(19-11-20-6-7-21(12-19)38(20)30(41)28-33-15-34-37-28)36-29-23(14-35-39(29)27(25)31)18-5-10-24(32-13-18)17-3-8-22(42-2)9-4-17/h3-5,8-10,13-15,19-21H,6-7,11-12,31H2,1-2H3,(H,33,34,37)/t19?,20-,21+. The number of anilines is 1. The second-order valence-electron chi connectivity index (χ2n) is 10.9. The number of carbonyl (C=O) groups excluding carboxylic acids is 2. The molecule has 3 N–H and O–H groups in total. The van der Waals surface area contributed by atoms with Crippen molar-refractivity contribution in [2.45, 2.75) is 50.6 Å². The van der Waals surface area contributed by atoms with E-state index in [4.69, 9.17) is 15.5 Å². The minimum atomic E-state index is -0.160. The van der Waals surface area contributed by atoms with E-state index in [1.54, 1.807) is 19.5 Å². The lowest BCUT2D eigenvalue weighted by Crippen LogP contribution is -2.46. The zero-order valence-corrected chi connectivity index (χ0v) is 23.2. The monoisotopic (exact) mass is 563 g/mol. The number of rotatable bonds is 6. The number of aromatic amines is 1. The summed E-state index contributed by atoms with van der Waals surface area (Å²) in [5.74, 6) is 0.957. The largest absolute Gasteiger partial charge is 0.497 e. The molecule has 2 aliphatic rings. The number of hydrogen-bond acceptors (Lipinski definition) is 9. The van der Waals surface area contributed by atoms with Gasteiger partial charge in [0.05, 0.1) is 30.3 Å². The van der Waals surface area contributed by atoms with Crippen LogP contribution in [-0.4, -0.2) is 70.5 Å². The molecule has 0 saturated carbocycles. The number of nitrogen functional groups attached to an aromatic ring is 1. The molecule has 5 aromatic rings. The van der Waals surface area contributed by atoms with Crippen molar-refractivity contribution in [3.05, 3.63) is 72.2 Å². The third-order valence-electron chi connectivity index (χ3n) is 8.49. The molecule has 0 spiro atoms. The van der Waals surface area contributed by atoms with Gasteiger partial charge in [-0.1, -0.05) is 6.07 Å². The topological polar surface area (TPSA) is 157 Å². The van der Waals surface area contributed by atoms with Crippen LogP contribution in [-0.2, 0) is 0 Å². The van der Waals surface area contributed by atoms with Crippen LogP contribution >= 0.6 is 0 Å². The lowest BCUT2D eigenvalue weighted by molar-refractivity contribution is 0.0556. The number of hydrogen-bond donors (Lipinski definition) is 2. The number of benzene rings is 1. The van der Waals surface area contributed by atoms with E-state index < -0.39 is 0 Å². The van der Waals surface area contributed by atoms with Crippen molar-refractivity contribution in [3.8, 4) is 28.1 Å². The Hall–Kier alpha value is -5.13. The quantitative estimate of drug-likeness (QED) is 0.292. The summed E-state index contributed by atoms with van der Waals surface area (Å²) in [6.45, 7) is 1.51. The first-order valence-electron chi connectivity index (χ1n) is 13.9. The average Bonchev–Trinajstić information content (AvgIpc) is 3.75. The fraction of sp³-hybridized carbons (Fsp3) is 0.300. The van der Waals surface area contributed by atoms with Crippen LogP contribution in [0.3, 0.4) is 0 Å². The smallest absolute Gasteiger partial charge is 0.291 e. The minimum Gasteiger partial charge on any atom is -0.497 e. The van der Waals surface area contributed by atoms with Gasteiger partial charge in [-0.2, -0.15) is 14.7 Å². The van der Waals surface area contributed by atoms with Gasteiger partial charge in [-0.3, -0.25) is 19.7 Å². The van der Waals surface area contributed by atoms with E-state index in [0.717, 1.165) is 41.0 Å². The van der Waals surface area contributed by atoms with E-state index in [9.17, 15) is 9.59 Å². The summed E-state index contributed by atoms with van der Waals surface area (Å²) in [5.41, 5.74) is 11.6. The normalized spacial score (nSPS) is 19.8. The first-order valence-corrected chi connectivity index (χ1v) is 13.9. The van der Waals surface area contributed by atoms with Gasteiger partial charge in [0.2, 0.25) is 5.82 Å². The molecule has 2 fully saturated rings. The van der Waals surface area contributed by atoms with Gasteiger partial charge in [-0.15, -0.1) is 0 Å². The number of methoxy groups -OCH3 is 1. The Labute approximate surface area is 241 Å². The number of Topliss-reactive ketones (excluding diaryl/α,β-unsaturated/α-hetero) is 1. The van der Waals surface area contributed by atoms with Crippen LogP contribution in [0.4, 0.5) is 5.82 Å². The van der Waals surface area contributed by atoms with Gasteiger partial charge in [0.25, 0.3) is 5.91 Å². The Morgan fingerprint density at radius 3 is 2.36 bits per heavy atom. The Morgan fingerprint density at radius 1 is 1.00 bits per heavy atom. The molecule has 2 bridgehead atoms. The summed E-state index contributed by atoms with van der Waals surface area (Å²) in [6.07, 6.45) is 7.98. The number of ketones is 1. The number of carbonyl (C=O) groups is 2. The molecule has 6 heterocycles. The summed E-state index contributed by atoms with van der Waals surface area (Å²) < 4.78 is 6.79. The number of pyridine rings is 1. The second kappa shape index (κ2) is 10.1. The molecular formula is C30H29N9O3. The zero-order chi connectivity index (χ0) is 29.0. The van der Waals surface area contributed by atoms with Crippen molar-refractivity contribution < 1.29 is 14.3 Å². The highest BCUT2D eigenvalue weighted by Gasteiger charge is 2.45. The van der Waals surface area contributed by atoms with E-state index in [1.165, 1.54) is 17.8 Å². The first-order chi connectivity index (χ1) is 20.4. The van der Waals surface area contributed by atoms with Crippen molar-refractivity contribution in [3.63, 3.8) is 0 Å². The van der Waals surface area contributed by atoms with Gasteiger partial charge < -0.3 is 15.4 Å². The van der Waals surface area contributed by atoms with Gasteiger partial charge >= 0.3 is 0 Å². The first kappa shape index (κ1) is 25.8. The SMILES string of the molecule is COc1ccc(-c2ccc(-c3cnn4c(N)c(C(C)=O)c(C5C[C@H]6CC[C@@H](C5)N6C(=O)c5ncn[nH]5)nc34)cn2)cc1. The Kier molecular flexibility index (Phi) is 6.18. The summed E-state index contributed by atoms with van der Waals surface area (Å²) in [4.78, 5) is 41.8. The number of nitrogens with zero attached hydrogens (tertiary/aromatic N) is 7. The number of aromatic nitrogens is 7. The van der Waals surface area contributed by atoms with Gasteiger partial charge in [0.15, 0.2) is 11.4 Å². The number of nitrogens with one attached hydrogen (secondary N) is 1. The van der Waals surface area contributed by atoms with Crippen molar-refractivity contribution in [1.29, 1.82) is 0 Å². The highest BCUT2D eigenvalue weighted by molar-refractivity contribution is 6.00. The summed E-state index contributed by atoms with van der Waals surface area (Å²) >= 11 is 0. The fourth-order valence-corrected chi connectivity index (χ4v) is 6.54. The predicted octanol–water partition coefficient (Wildman–Crippen LogP) is 3.92. The molecule has 1 aromatic carbocycles. The van der Waals surface area contributed by atoms with Gasteiger partial charge in [-0.25, -0.2) is 9.97 Å². The molecule has 2 aliphatic heterocycles. The molecule has 12 nitrogen and oxygen atoms in total. The number of amides is 1. The average molecular weight is 564 g/mol. The number of fused-ring (bicyclic) bond motifs is 3. The highest BCUT2D eigenvalue weighted by Crippen LogP contribution is 2.45. The Morgan fingerprint density at radius 2 is 1.74 bits per heavy atom. The number of H-pyrrole nitrogens is 1. The van der Waals surface area contributed by atoms with Gasteiger partial charge in [0, 0.05) is 40.9 Å². The summed E-state index contributed by atoms with van der Waals surface area (Å²) in [5, 5.41) is 11.0. The number of ether oxygens (including phenoxy) is 1. The molecule has 42 heavy (non-hydrogen) atoms. The summed E-state index contributed by atoms with van der Waals surface area (Å²) in [7, 11) is 1.64. The molecule has 7 rings (SSSR count). The van der Waals surface area contributed by atoms with E-state index >= 15 is 0 Å². The summed E-state index contributed by atoms with van der Waals surface area (Å²) in [6, 6.07) is 11.7. The number of nitrogens with two attached hydrogens (primary N) is 1. The van der Waals surface area contributed by atoms with Crippen molar-refractivity contribution in [2.75, 3.05) is 12.8 Å². The van der Waals surface area contributed by atoms with E-state index in [2.05, 4.69) is 25.3 Å². The van der Waals surface area contributed by atoms with Crippen LogP contribution in [0.5, 0.6) is 5.75 Å². The van der Waals surface area contributed by atoms with E-state index in [0.29, 0.717) is 29.7 Å². The van der Waals surface area contributed by atoms with Crippen LogP contribution in [0.15, 0.2) is 55.1 Å². The molecular weight excluding hydrogens is 534 g/mol. The van der Waals surface area contributed by atoms with Gasteiger partial charge in [-0.05, 0) is 62.9 Å². The Balaban J connectivity index is 1.24. The maximum atomic E-state index is 13.2. The molecule has 3 atom stereocenters. The molecule has 4 aromatic heterocycles. The lowest BCUT2D eigenvalue weighted by atomic mass is 9.85. The fourth-order valence-electron chi connectivity index (χ4n) is 6.54. The van der Waals surface area contributed by atoms with Crippen LogP contribution < -0.4 is 10.5 Å². The van der Waals surface area contributed by atoms with Crippen LogP contribution in [0, 0.1) is 0 Å². The molecule has 12 heteroatoms. The van der Waals surface area contributed by atoms with E-state index in [-0.39, 0.29) is 41.3 Å². The molecule has 0 radical (unpaired) electrons. The van der Waals surface area contributed by atoms with Crippen LogP contribution in [0.2, 0.25) is 0 Å². The molecule has 1 unspecified atom stereocenters. The predicted molar refractivity (Wildman–Crippen MR) is 154 cm³/mol. The maximum absolute atomic E-state index is 13.2. The van der Waals surface area contributed by atoms with Crippen LogP contribution in [0.25, 0.3) is 28.0 Å². The van der Waals surface area contributed by atoms with Gasteiger partial charge in [0.1, 0.15) is 17.9 Å². The molecule has 2 saturated heterocycles.